The average Bonchev–Trinajstić information content (AvgIpc) is 2.78. The zero-order chi connectivity index (χ0) is 21.1. The second-order valence-electron chi connectivity index (χ2n) is 7.00. The van der Waals surface area contributed by atoms with Crippen LogP contribution in [0.1, 0.15) is 32.7 Å². The van der Waals surface area contributed by atoms with E-state index in [1.807, 2.05) is 24.3 Å². The molecule has 0 spiro atoms. The Morgan fingerprint density at radius 3 is 2.47 bits per heavy atom. The Morgan fingerprint density at radius 2 is 1.70 bits per heavy atom. The zero-order valence-electron chi connectivity index (χ0n) is 16.1. The average molecular weight is 401 g/mol. The third-order valence-electron chi connectivity index (χ3n) is 5.07. The first-order valence-electron chi connectivity index (χ1n) is 9.59. The van der Waals surface area contributed by atoms with Crippen LogP contribution in [0.3, 0.4) is 0 Å². The van der Waals surface area contributed by atoms with Crippen molar-refractivity contribution in [2.24, 2.45) is 0 Å². The number of hydrogen-bond acceptors (Lipinski definition) is 4. The van der Waals surface area contributed by atoms with Gasteiger partial charge in [0.05, 0.1) is 4.92 Å². The van der Waals surface area contributed by atoms with Crippen LogP contribution in [-0.2, 0) is 6.42 Å². The molecule has 7 nitrogen and oxygen atoms in total. The molecule has 0 aliphatic carbocycles. The van der Waals surface area contributed by atoms with Crippen molar-refractivity contribution in [3.05, 3.63) is 99.6 Å². The van der Waals surface area contributed by atoms with Crippen LogP contribution in [0, 0.1) is 10.1 Å². The van der Waals surface area contributed by atoms with E-state index in [0.717, 1.165) is 24.1 Å². The SMILES string of the molecule is O=C(Nc1ccc2c(c1)N(C(=O)c1ccccc1)CCC2)c1ccccc1[N+](=O)[O-]. The van der Waals surface area contributed by atoms with Crippen molar-refractivity contribution in [3.63, 3.8) is 0 Å². The number of fused-ring (bicyclic) bond motifs is 1. The summed E-state index contributed by atoms with van der Waals surface area (Å²) in [4.78, 5) is 38.0. The van der Waals surface area contributed by atoms with Gasteiger partial charge in [-0.05, 0) is 48.7 Å². The van der Waals surface area contributed by atoms with Crippen molar-refractivity contribution in [1.29, 1.82) is 0 Å². The van der Waals surface area contributed by atoms with Crippen LogP contribution in [-0.4, -0.2) is 23.3 Å². The van der Waals surface area contributed by atoms with Gasteiger partial charge in [-0.1, -0.05) is 36.4 Å². The maximum absolute atomic E-state index is 13.0. The Bertz CT molecular complexity index is 1130. The summed E-state index contributed by atoms with van der Waals surface area (Å²) in [6.45, 7) is 0.586. The molecule has 0 bridgehead atoms. The second kappa shape index (κ2) is 8.16. The summed E-state index contributed by atoms with van der Waals surface area (Å²) < 4.78 is 0. The largest absolute Gasteiger partial charge is 0.322 e. The highest BCUT2D eigenvalue weighted by molar-refractivity contribution is 6.09. The molecule has 30 heavy (non-hydrogen) atoms. The molecule has 3 aromatic carbocycles. The van der Waals surface area contributed by atoms with Gasteiger partial charge in [0.2, 0.25) is 0 Å². The van der Waals surface area contributed by atoms with E-state index in [1.54, 1.807) is 35.2 Å². The Morgan fingerprint density at radius 1 is 0.967 bits per heavy atom. The molecule has 0 saturated heterocycles. The van der Waals surface area contributed by atoms with Crippen LogP contribution in [0.5, 0.6) is 0 Å². The van der Waals surface area contributed by atoms with Crippen molar-refractivity contribution in [3.8, 4) is 0 Å². The van der Waals surface area contributed by atoms with Gasteiger partial charge < -0.3 is 10.2 Å². The van der Waals surface area contributed by atoms with Crippen LogP contribution < -0.4 is 10.2 Å². The highest BCUT2D eigenvalue weighted by atomic mass is 16.6. The Kier molecular flexibility index (Phi) is 5.26. The molecule has 0 saturated carbocycles. The van der Waals surface area contributed by atoms with Crippen molar-refractivity contribution < 1.29 is 14.5 Å². The monoisotopic (exact) mass is 401 g/mol. The summed E-state index contributed by atoms with van der Waals surface area (Å²) in [7, 11) is 0. The van der Waals surface area contributed by atoms with Gasteiger partial charge in [-0.2, -0.15) is 0 Å². The number of hydrogen-bond donors (Lipinski definition) is 1. The Balaban J connectivity index is 1.63. The summed E-state index contributed by atoms with van der Waals surface area (Å²) in [6.07, 6.45) is 1.69. The van der Waals surface area contributed by atoms with E-state index in [4.69, 9.17) is 0 Å². The van der Waals surface area contributed by atoms with E-state index < -0.39 is 10.8 Å². The standard InChI is InChI=1S/C23H19N3O4/c27-22(19-10-4-5-11-20(19)26(29)30)24-18-13-12-16-9-6-14-25(21(16)15-18)23(28)17-7-2-1-3-8-17/h1-5,7-8,10-13,15H,6,9,14H2,(H,24,27). The minimum atomic E-state index is -0.581. The fourth-order valence-corrected chi connectivity index (χ4v) is 3.62. The Hall–Kier alpha value is -4.00. The summed E-state index contributed by atoms with van der Waals surface area (Å²) >= 11 is 0. The number of para-hydroxylation sites is 1. The predicted octanol–water partition coefficient (Wildman–Crippen LogP) is 4.44. The van der Waals surface area contributed by atoms with E-state index >= 15 is 0 Å². The zero-order valence-corrected chi connectivity index (χ0v) is 16.1. The maximum atomic E-state index is 13.0. The van der Waals surface area contributed by atoms with Crippen molar-refractivity contribution in [2.45, 2.75) is 12.8 Å². The molecule has 0 radical (unpaired) electrons. The second-order valence-corrected chi connectivity index (χ2v) is 7.00. The molecule has 1 heterocycles. The van der Waals surface area contributed by atoms with Crippen LogP contribution >= 0.6 is 0 Å². The number of nitrogens with one attached hydrogen (secondary N) is 1. The van der Waals surface area contributed by atoms with Crippen LogP contribution in [0.2, 0.25) is 0 Å². The van der Waals surface area contributed by atoms with Crippen LogP contribution in [0.4, 0.5) is 17.1 Å². The number of benzene rings is 3. The van der Waals surface area contributed by atoms with Gasteiger partial charge in [0.1, 0.15) is 5.56 Å². The fourth-order valence-electron chi connectivity index (χ4n) is 3.62. The predicted molar refractivity (Wildman–Crippen MR) is 114 cm³/mol. The van der Waals surface area contributed by atoms with Gasteiger partial charge in [-0.3, -0.25) is 19.7 Å². The number of carbonyl (C=O) groups excluding carboxylic acids is 2. The van der Waals surface area contributed by atoms with Gasteiger partial charge in [0, 0.05) is 29.5 Å². The topological polar surface area (TPSA) is 92.6 Å². The van der Waals surface area contributed by atoms with E-state index in [-0.39, 0.29) is 17.2 Å². The molecule has 7 heteroatoms. The molecule has 0 aromatic heterocycles. The molecule has 0 atom stereocenters. The van der Waals surface area contributed by atoms with E-state index in [1.165, 1.54) is 18.2 Å². The number of amides is 2. The van der Waals surface area contributed by atoms with Gasteiger partial charge in [0.25, 0.3) is 17.5 Å². The number of rotatable bonds is 4. The molecule has 0 fully saturated rings. The third-order valence-corrected chi connectivity index (χ3v) is 5.07. The minimum absolute atomic E-state index is 0.0163. The molecule has 2 amide bonds. The lowest BCUT2D eigenvalue weighted by atomic mass is 10.00. The third kappa shape index (κ3) is 3.77. The molecule has 1 aliphatic rings. The number of nitro groups is 1. The number of nitro benzene ring substituents is 1. The number of carbonyl (C=O) groups is 2. The van der Waals surface area contributed by atoms with Crippen LogP contribution in [0.15, 0.2) is 72.8 Å². The summed E-state index contributed by atoms with van der Waals surface area (Å²) in [5, 5.41) is 13.9. The highest BCUT2D eigenvalue weighted by Crippen LogP contribution is 2.31. The molecule has 1 N–H and O–H groups in total. The normalized spacial score (nSPS) is 12.7. The lowest BCUT2D eigenvalue weighted by molar-refractivity contribution is -0.385. The molecular weight excluding hydrogens is 382 g/mol. The number of anilines is 2. The fraction of sp³-hybridized carbons (Fsp3) is 0.130. The van der Waals surface area contributed by atoms with Gasteiger partial charge in [0.15, 0.2) is 0 Å². The molecule has 1 aliphatic heterocycles. The quantitative estimate of drug-likeness (QED) is 0.517. The summed E-state index contributed by atoms with van der Waals surface area (Å²) in [5.41, 5.74) is 2.57. The first-order valence-corrected chi connectivity index (χ1v) is 9.59. The number of nitrogens with zero attached hydrogens (tertiary/aromatic N) is 2. The minimum Gasteiger partial charge on any atom is -0.322 e. The lowest BCUT2D eigenvalue weighted by Crippen LogP contribution is -2.35. The summed E-state index contributed by atoms with van der Waals surface area (Å²) in [6, 6.07) is 20.2. The van der Waals surface area contributed by atoms with Crippen molar-refractivity contribution in [1.82, 2.24) is 0 Å². The number of aryl methyl sites for hydroxylation is 1. The first-order chi connectivity index (χ1) is 14.5. The van der Waals surface area contributed by atoms with E-state index in [0.29, 0.717) is 17.8 Å². The van der Waals surface area contributed by atoms with E-state index in [2.05, 4.69) is 5.32 Å². The molecule has 4 rings (SSSR count). The first kappa shape index (κ1) is 19.3. The molecular formula is C23H19N3O4. The smallest absolute Gasteiger partial charge is 0.282 e. The van der Waals surface area contributed by atoms with Gasteiger partial charge >= 0.3 is 0 Å². The van der Waals surface area contributed by atoms with Gasteiger partial charge in [-0.15, -0.1) is 0 Å². The lowest BCUT2D eigenvalue weighted by Gasteiger charge is -2.30. The van der Waals surface area contributed by atoms with E-state index in [9.17, 15) is 19.7 Å². The Labute approximate surface area is 173 Å². The van der Waals surface area contributed by atoms with Crippen molar-refractivity contribution >= 4 is 28.9 Å². The van der Waals surface area contributed by atoms with Crippen molar-refractivity contribution in [2.75, 3.05) is 16.8 Å². The van der Waals surface area contributed by atoms with Crippen LogP contribution in [0.25, 0.3) is 0 Å². The molecule has 150 valence electrons. The molecule has 3 aromatic rings. The van der Waals surface area contributed by atoms with Gasteiger partial charge in [-0.25, -0.2) is 0 Å². The summed E-state index contributed by atoms with van der Waals surface area (Å²) in [5.74, 6) is -0.669. The molecule has 0 unspecified atom stereocenters. The highest BCUT2D eigenvalue weighted by Gasteiger charge is 2.25. The maximum Gasteiger partial charge on any atom is 0.282 e.